The molecular formula is C15H14FNO2. The fourth-order valence-electron chi connectivity index (χ4n) is 1.80. The number of ether oxygens (including phenoxy) is 1. The van der Waals surface area contributed by atoms with Gasteiger partial charge in [0.15, 0.2) is 0 Å². The van der Waals surface area contributed by atoms with E-state index >= 15 is 0 Å². The van der Waals surface area contributed by atoms with Crippen LogP contribution >= 0.6 is 0 Å². The minimum Gasteiger partial charge on any atom is -0.465 e. The minimum atomic E-state index is -0.461. The standard InChI is InChI=1S/C15H14FNO2/c1-10-6-5-8-12(16)14(10)17-13-9-4-3-7-11(13)15(18)19-2/h3-9,17H,1-2H3. The van der Waals surface area contributed by atoms with Crippen LogP contribution in [0.1, 0.15) is 15.9 Å². The monoisotopic (exact) mass is 259 g/mol. The lowest BCUT2D eigenvalue weighted by atomic mass is 10.1. The van der Waals surface area contributed by atoms with Crippen molar-refractivity contribution < 1.29 is 13.9 Å². The predicted octanol–water partition coefficient (Wildman–Crippen LogP) is 3.66. The molecule has 0 fully saturated rings. The highest BCUT2D eigenvalue weighted by molar-refractivity contribution is 5.96. The van der Waals surface area contributed by atoms with Gasteiger partial charge in [-0.2, -0.15) is 0 Å². The van der Waals surface area contributed by atoms with E-state index in [1.54, 1.807) is 43.3 Å². The molecule has 3 nitrogen and oxygen atoms in total. The Balaban J connectivity index is 2.42. The number of hydrogen-bond acceptors (Lipinski definition) is 3. The van der Waals surface area contributed by atoms with Crippen LogP contribution in [-0.2, 0) is 4.74 Å². The smallest absolute Gasteiger partial charge is 0.339 e. The summed E-state index contributed by atoms with van der Waals surface area (Å²) in [6, 6.07) is 11.6. The molecule has 0 unspecified atom stereocenters. The molecule has 0 aliphatic carbocycles. The zero-order valence-electron chi connectivity index (χ0n) is 10.7. The van der Waals surface area contributed by atoms with Crippen LogP contribution in [0.4, 0.5) is 15.8 Å². The number of esters is 1. The molecule has 0 saturated heterocycles. The van der Waals surface area contributed by atoms with Gasteiger partial charge in [-0.1, -0.05) is 24.3 Å². The Bertz CT molecular complexity index is 591. The molecule has 0 aliphatic heterocycles. The van der Waals surface area contributed by atoms with Crippen LogP contribution in [0.5, 0.6) is 0 Å². The summed E-state index contributed by atoms with van der Waals surface area (Å²) in [6.07, 6.45) is 0. The van der Waals surface area contributed by atoms with E-state index in [9.17, 15) is 9.18 Å². The van der Waals surface area contributed by atoms with Gasteiger partial charge in [0, 0.05) is 0 Å². The first-order valence-electron chi connectivity index (χ1n) is 5.83. The van der Waals surface area contributed by atoms with E-state index in [2.05, 4.69) is 5.32 Å². The Morgan fingerprint density at radius 2 is 1.89 bits per heavy atom. The summed E-state index contributed by atoms with van der Waals surface area (Å²) < 4.78 is 18.5. The first-order chi connectivity index (χ1) is 9.13. The Morgan fingerprint density at radius 1 is 1.16 bits per heavy atom. The van der Waals surface area contributed by atoms with Crippen molar-refractivity contribution in [3.05, 3.63) is 59.4 Å². The Kier molecular flexibility index (Phi) is 3.80. The molecule has 0 aromatic heterocycles. The molecule has 0 saturated carbocycles. The fourth-order valence-corrected chi connectivity index (χ4v) is 1.80. The second-order valence-corrected chi connectivity index (χ2v) is 4.09. The normalized spacial score (nSPS) is 10.1. The zero-order chi connectivity index (χ0) is 13.8. The van der Waals surface area contributed by atoms with Crippen LogP contribution in [0.2, 0.25) is 0 Å². The molecule has 1 N–H and O–H groups in total. The van der Waals surface area contributed by atoms with E-state index in [1.807, 2.05) is 0 Å². The number of aryl methyl sites for hydroxylation is 1. The van der Waals surface area contributed by atoms with E-state index in [0.717, 1.165) is 5.56 Å². The highest BCUT2D eigenvalue weighted by Crippen LogP contribution is 2.26. The van der Waals surface area contributed by atoms with Gasteiger partial charge in [0.2, 0.25) is 0 Å². The molecule has 2 aromatic carbocycles. The number of anilines is 2. The molecule has 19 heavy (non-hydrogen) atoms. The number of nitrogens with one attached hydrogen (secondary N) is 1. The van der Waals surface area contributed by atoms with Crippen molar-refractivity contribution >= 4 is 17.3 Å². The predicted molar refractivity (Wildman–Crippen MR) is 72.2 cm³/mol. The number of carbonyl (C=O) groups is 1. The topological polar surface area (TPSA) is 38.3 Å². The van der Waals surface area contributed by atoms with Gasteiger partial charge in [-0.25, -0.2) is 9.18 Å². The summed E-state index contributed by atoms with van der Waals surface area (Å²) in [4.78, 5) is 11.6. The van der Waals surface area contributed by atoms with E-state index in [4.69, 9.17) is 4.74 Å². The molecule has 0 aliphatic rings. The summed E-state index contributed by atoms with van der Waals surface area (Å²) in [5, 5.41) is 2.95. The van der Waals surface area contributed by atoms with Crippen molar-refractivity contribution in [3.63, 3.8) is 0 Å². The third-order valence-corrected chi connectivity index (χ3v) is 2.81. The highest BCUT2D eigenvalue weighted by Gasteiger charge is 2.13. The van der Waals surface area contributed by atoms with Crippen molar-refractivity contribution in [2.45, 2.75) is 6.92 Å². The molecule has 0 heterocycles. The van der Waals surface area contributed by atoms with Gasteiger partial charge in [-0.3, -0.25) is 0 Å². The number of methoxy groups -OCH3 is 1. The number of hydrogen-bond donors (Lipinski definition) is 1. The van der Waals surface area contributed by atoms with Crippen molar-refractivity contribution in [2.24, 2.45) is 0 Å². The number of para-hydroxylation sites is 2. The second kappa shape index (κ2) is 5.52. The maximum absolute atomic E-state index is 13.8. The van der Waals surface area contributed by atoms with Gasteiger partial charge in [0.05, 0.1) is 24.0 Å². The summed E-state index contributed by atoms with van der Waals surface area (Å²) in [7, 11) is 1.31. The van der Waals surface area contributed by atoms with Crippen LogP contribution < -0.4 is 5.32 Å². The molecule has 0 atom stereocenters. The highest BCUT2D eigenvalue weighted by atomic mass is 19.1. The summed E-state index contributed by atoms with van der Waals surface area (Å²) in [6.45, 7) is 1.80. The van der Waals surface area contributed by atoms with Gasteiger partial charge >= 0.3 is 5.97 Å². The summed E-state index contributed by atoms with van der Waals surface area (Å²) in [5.74, 6) is -0.822. The SMILES string of the molecule is COC(=O)c1ccccc1Nc1c(C)cccc1F. The molecule has 0 spiro atoms. The lowest BCUT2D eigenvalue weighted by Gasteiger charge is -2.13. The van der Waals surface area contributed by atoms with Crippen molar-refractivity contribution in [1.82, 2.24) is 0 Å². The quantitative estimate of drug-likeness (QED) is 0.855. The zero-order valence-corrected chi connectivity index (χ0v) is 10.7. The van der Waals surface area contributed by atoms with E-state index in [0.29, 0.717) is 16.9 Å². The third kappa shape index (κ3) is 2.73. The lowest BCUT2D eigenvalue weighted by Crippen LogP contribution is -2.06. The first-order valence-corrected chi connectivity index (χ1v) is 5.83. The maximum Gasteiger partial charge on any atom is 0.339 e. The van der Waals surface area contributed by atoms with Crippen LogP contribution in [0.3, 0.4) is 0 Å². The number of rotatable bonds is 3. The Labute approximate surface area is 111 Å². The van der Waals surface area contributed by atoms with Crippen LogP contribution in [0, 0.1) is 12.7 Å². The Hall–Kier alpha value is -2.36. The fraction of sp³-hybridized carbons (Fsp3) is 0.133. The molecule has 4 heteroatoms. The molecule has 0 bridgehead atoms. The molecule has 0 amide bonds. The Morgan fingerprint density at radius 3 is 2.58 bits per heavy atom. The van der Waals surface area contributed by atoms with Gasteiger partial charge in [0.1, 0.15) is 5.82 Å². The molecule has 2 rings (SSSR count). The summed E-state index contributed by atoms with van der Waals surface area (Å²) >= 11 is 0. The van der Waals surface area contributed by atoms with E-state index in [1.165, 1.54) is 13.2 Å². The van der Waals surface area contributed by atoms with Crippen LogP contribution in [0.25, 0.3) is 0 Å². The lowest BCUT2D eigenvalue weighted by molar-refractivity contribution is 0.0602. The van der Waals surface area contributed by atoms with Crippen molar-refractivity contribution in [1.29, 1.82) is 0 Å². The third-order valence-electron chi connectivity index (χ3n) is 2.81. The van der Waals surface area contributed by atoms with Crippen molar-refractivity contribution in [2.75, 3.05) is 12.4 Å². The maximum atomic E-state index is 13.8. The molecular weight excluding hydrogens is 245 g/mol. The van der Waals surface area contributed by atoms with Crippen molar-refractivity contribution in [3.8, 4) is 0 Å². The molecule has 2 aromatic rings. The van der Waals surface area contributed by atoms with Crippen LogP contribution in [-0.4, -0.2) is 13.1 Å². The minimum absolute atomic E-state index is 0.360. The number of benzene rings is 2. The van der Waals surface area contributed by atoms with Gasteiger partial charge < -0.3 is 10.1 Å². The molecule has 98 valence electrons. The van der Waals surface area contributed by atoms with Gasteiger partial charge in [-0.05, 0) is 30.7 Å². The first kappa shape index (κ1) is 13.1. The van der Waals surface area contributed by atoms with Crippen LogP contribution in [0.15, 0.2) is 42.5 Å². The van der Waals surface area contributed by atoms with Gasteiger partial charge in [0.25, 0.3) is 0 Å². The van der Waals surface area contributed by atoms with E-state index in [-0.39, 0.29) is 5.82 Å². The second-order valence-electron chi connectivity index (χ2n) is 4.09. The average molecular weight is 259 g/mol. The number of halogens is 1. The molecule has 0 radical (unpaired) electrons. The number of carbonyl (C=O) groups excluding carboxylic acids is 1. The van der Waals surface area contributed by atoms with Gasteiger partial charge in [-0.15, -0.1) is 0 Å². The average Bonchev–Trinajstić information content (AvgIpc) is 2.42. The van der Waals surface area contributed by atoms with E-state index < -0.39 is 5.97 Å². The largest absolute Gasteiger partial charge is 0.465 e. The summed E-state index contributed by atoms with van der Waals surface area (Å²) in [5.41, 5.74) is 2.01.